The van der Waals surface area contributed by atoms with E-state index >= 15 is 0 Å². The minimum atomic E-state index is -0.725. The third-order valence-corrected chi connectivity index (χ3v) is 7.59. The molecule has 10 heteroatoms. The van der Waals surface area contributed by atoms with Crippen LogP contribution in [0.25, 0.3) is 0 Å². The lowest BCUT2D eigenvalue weighted by molar-refractivity contribution is -0.901. The lowest BCUT2D eigenvalue weighted by atomic mass is 9.91. The third-order valence-electron chi connectivity index (χ3n) is 7.59. The topological polar surface area (TPSA) is 126 Å². The molecule has 3 atom stereocenters. The van der Waals surface area contributed by atoms with E-state index in [9.17, 15) is 19.2 Å². The fourth-order valence-corrected chi connectivity index (χ4v) is 5.28. The second kappa shape index (κ2) is 20.5. The van der Waals surface area contributed by atoms with Crippen LogP contribution in [0.5, 0.6) is 5.75 Å². The standard InChI is InChI=1S/C31H35NO5.C5H11NO2.CH3Br/c1-2-24-19-20-32(21-28(33)25-9-5-3-6-10-25)22-29(24)37-30(34)18-15-23-13-16-27(17-14-23)36-31(35)26-11-7-4-8-12-26;1-5(2,3)8-4(6)7;1-2/h4-5,7-14,16-17,24,29H,2-3,6,15,18-22H2,1H3;1-3H3,(H2,6,7);1H3/p+1/t24?,29-;;/m0../s1. The number of primary amides is 1. The highest BCUT2D eigenvalue weighted by Crippen LogP contribution is 2.20. The lowest BCUT2D eigenvalue weighted by Gasteiger charge is -2.35. The highest BCUT2D eigenvalue weighted by atomic mass is 79.9. The van der Waals surface area contributed by atoms with E-state index in [4.69, 9.17) is 15.2 Å². The molecular formula is C37H50BrN2O7+. The summed E-state index contributed by atoms with van der Waals surface area (Å²) in [5, 5.41) is 0. The average molecular weight is 715 g/mol. The zero-order valence-corrected chi connectivity index (χ0v) is 29.8. The molecule has 0 spiro atoms. The number of ketones is 1. The van der Waals surface area contributed by atoms with Gasteiger partial charge < -0.3 is 24.8 Å². The van der Waals surface area contributed by atoms with E-state index in [1.807, 2.05) is 36.2 Å². The number of halogens is 1. The van der Waals surface area contributed by atoms with Crippen molar-refractivity contribution in [1.29, 1.82) is 0 Å². The molecule has 1 saturated heterocycles. The van der Waals surface area contributed by atoms with E-state index in [1.165, 1.54) is 4.90 Å². The number of hydrogen-bond donors (Lipinski definition) is 2. The van der Waals surface area contributed by atoms with Crippen molar-refractivity contribution in [2.24, 2.45) is 11.7 Å². The van der Waals surface area contributed by atoms with Crippen LogP contribution in [0.4, 0.5) is 4.79 Å². The fraction of sp³-hybridized carbons (Fsp3) is 0.459. The number of aryl methyl sites for hydroxylation is 1. The summed E-state index contributed by atoms with van der Waals surface area (Å²) >= 11 is 2.94. The van der Waals surface area contributed by atoms with Crippen LogP contribution >= 0.6 is 15.9 Å². The van der Waals surface area contributed by atoms with Crippen LogP contribution in [0.2, 0.25) is 0 Å². The highest BCUT2D eigenvalue weighted by molar-refractivity contribution is 9.08. The van der Waals surface area contributed by atoms with Crippen molar-refractivity contribution >= 4 is 39.7 Å². The number of likely N-dealkylation sites (tertiary alicyclic amines) is 1. The van der Waals surface area contributed by atoms with Gasteiger partial charge in [0.25, 0.3) is 0 Å². The quantitative estimate of drug-likeness (QED) is 0.181. The number of nitrogens with two attached hydrogens (primary N) is 1. The normalized spacial score (nSPS) is 18.6. The van der Waals surface area contributed by atoms with E-state index in [2.05, 4.69) is 33.7 Å². The summed E-state index contributed by atoms with van der Waals surface area (Å²) in [6.07, 6.45) is 9.78. The average Bonchev–Trinajstić information content (AvgIpc) is 3.05. The summed E-state index contributed by atoms with van der Waals surface area (Å²) in [7, 11) is 0. The maximum absolute atomic E-state index is 12.7. The Morgan fingerprint density at radius 2 is 1.66 bits per heavy atom. The number of Topliss-reactive ketones (excluding diaryl/α,β-unsaturated/α-hetero) is 1. The number of piperidine rings is 1. The maximum Gasteiger partial charge on any atom is 0.405 e. The Hall–Kier alpha value is -3.76. The zero-order chi connectivity index (χ0) is 34.8. The van der Waals surface area contributed by atoms with Gasteiger partial charge in [-0.3, -0.25) is 9.59 Å². The van der Waals surface area contributed by atoms with Crippen LogP contribution < -0.4 is 15.4 Å². The van der Waals surface area contributed by atoms with Gasteiger partial charge in [0.1, 0.15) is 24.4 Å². The minimum Gasteiger partial charge on any atom is -0.456 e. The van der Waals surface area contributed by atoms with Gasteiger partial charge in [0.05, 0.1) is 12.1 Å². The van der Waals surface area contributed by atoms with Gasteiger partial charge in [-0.05, 0) is 82.1 Å². The summed E-state index contributed by atoms with van der Waals surface area (Å²) in [6, 6.07) is 16.1. The number of ether oxygens (including phenoxy) is 3. The number of amides is 1. The van der Waals surface area contributed by atoms with Crippen LogP contribution in [0, 0.1) is 5.92 Å². The molecule has 1 aliphatic heterocycles. The fourth-order valence-electron chi connectivity index (χ4n) is 5.28. The van der Waals surface area contributed by atoms with Gasteiger partial charge in [0.15, 0.2) is 6.10 Å². The molecule has 2 aromatic carbocycles. The van der Waals surface area contributed by atoms with Gasteiger partial charge in [-0.15, -0.1) is 0 Å². The monoisotopic (exact) mass is 713 g/mol. The minimum absolute atomic E-state index is 0.162. The Balaban J connectivity index is 0.000000672. The summed E-state index contributed by atoms with van der Waals surface area (Å²) in [5.41, 5.74) is 6.54. The molecule has 1 fully saturated rings. The molecule has 1 heterocycles. The molecular weight excluding hydrogens is 664 g/mol. The molecule has 0 saturated carbocycles. The third kappa shape index (κ3) is 15.1. The molecule has 2 unspecified atom stereocenters. The van der Waals surface area contributed by atoms with Crippen molar-refractivity contribution in [2.45, 2.75) is 77.9 Å². The van der Waals surface area contributed by atoms with Crippen molar-refractivity contribution in [3.05, 3.63) is 89.5 Å². The highest BCUT2D eigenvalue weighted by Gasteiger charge is 2.34. The molecule has 0 radical (unpaired) electrons. The smallest absolute Gasteiger partial charge is 0.405 e. The first-order chi connectivity index (χ1) is 22.4. The van der Waals surface area contributed by atoms with Gasteiger partial charge in [-0.25, -0.2) is 9.59 Å². The van der Waals surface area contributed by atoms with Crippen LogP contribution in [-0.2, 0) is 25.5 Å². The van der Waals surface area contributed by atoms with Gasteiger partial charge >= 0.3 is 18.0 Å². The Morgan fingerprint density at radius 3 is 2.21 bits per heavy atom. The largest absolute Gasteiger partial charge is 0.456 e. The first-order valence-electron chi connectivity index (χ1n) is 16.1. The van der Waals surface area contributed by atoms with Gasteiger partial charge in [-0.1, -0.05) is 71.4 Å². The molecule has 2 aromatic rings. The number of allylic oxidation sites excluding steroid dienone is 3. The van der Waals surface area contributed by atoms with E-state index in [-0.39, 0.29) is 24.3 Å². The van der Waals surface area contributed by atoms with Crippen LogP contribution in [0.3, 0.4) is 0 Å². The molecule has 0 bridgehead atoms. The summed E-state index contributed by atoms with van der Waals surface area (Å²) in [4.78, 5) is 48.8. The Bertz CT molecular complexity index is 1350. The first-order valence-corrected chi connectivity index (χ1v) is 17.7. The maximum atomic E-state index is 12.7. The van der Waals surface area contributed by atoms with Crippen molar-refractivity contribution in [2.75, 3.05) is 25.5 Å². The van der Waals surface area contributed by atoms with Crippen molar-refractivity contribution in [3.63, 3.8) is 0 Å². The van der Waals surface area contributed by atoms with Gasteiger partial charge in [0.2, 0.25) is 5.78 Å². The zero-order valence-electron chi connectivity index (χ0n) is 28.3. The van der Waals surface area contributed by atoms with Crippen LogP contribution in [-0.4, -0.2) is 61.0 Å². The molecule has 3 N–H and O–H groups in total. The molecule has 47 heavy (non-hydrogen) atoms. The number of benzene rings is 2. The van der Waals surface area contributed by atoms with Crippen LogP contribution in [0.15, 0.2) is 78.4 Å². The Labute approximate surface area is 287 Å². The lowest BCUT2D eigenvalue weighted by Crippen LogP contribution is -3.15. The predicted molar refractivity (Wildman–Crippen MR) is 187 cm³/mol. The van der Waals surface area contributed by atoms with Gasteiger partial charge in [0, 0.05) is 24.3 Å². The number of esters is 2. The second-order valence-electron chi connectivity index (χ2n) is 12.4. The van der Waals surface area contributed by atoms with E-state index in [0.717, 1.165) is 43.4 Å². The molecule has 4 rings (SSSR count). The molecule has 2 aliphatic rings. The molecule has 9 nitrogen and oxygen atoms in total. The molecule has 256 valence electrons. The number of carbonyl (C=O) groups is 4. The molecule has 0 aromatic heterocycles. The predicted octanol–water partition coefficient (Wildman–Crippen LogP) is 5.80. The number of hydrogen-bond acceptors (Lipinski definition) is 7. The van der Waals surface area contributed by atoms with Crippen molar-refractivity contribution in [3.8, 4) is 5.75 Å². The van der Waals surface area contributed by atoms with E-state index in [0.29, 0.717) is 36.7 Å². The number of alkyl halides is 1. The van der Waals surface area contributed by atoms with E-state index < -0.39 is 17.7 Å². The number of carbonyl (C=O) groups excluding carboxylic acids is 4. The number of nitrogens with one attached hydrogen (secondary N) is 1. The van der Waals surface area contributed by atoms with Crippen molar-refractivity contribution < 1.29 is 38.3 Å². The summed E-state index contributed by atoms with van der Waals surface area (Å²) < 4.78 is 15.9. The number of rotatable bonds is 10. The summed E-state index contributed by atoms with van der Waals surface area (Å²) in [6.45, 7) is 9.46. The van der Waals surface area contributed by atoms with E-state index in [1.54, 1.807) is 57.2 Å². The molecule has 1 amide bonds. The Morgan fingerprint density at radius 1 is 0.979 bits per heavy atom. The Kier molecular flexibility index (Phi) is 17.2. The summed E-state index contributed by atoms with van der Waals surface area (Å²) in [5.74, 6) is 2.16. The second-order valence-corrected chi connectivity index (χ2v) is 12.4. The van der Waals surface area contributed by atoms with Crippen LogP contribution in [0.1, 0.15) is 75.7 Å². The first kappa shape index (κ1) is 39.4. The molecule has 1 aliphatic carbocycles. The SMILES string of the molecule is CBr.CC(C)(C)OC(N)=O.CCC1CC[NH+](CC(=O)C2=CCCC=C2)C[C@@H]1OC(=O)CCc1ccc(OC(=O)c2ccccc2)cc1. The number of quaternary nitrogens is 1. The van der Waals surface area contributed by atoms with Gasteiger partial charge in [-0.2, -0.15) is 0 Å². The van der Waals surface area contributed by atoms with Crippen molar-refractivity contribution in [1.82, 2.24) is 0 Å².